The molecule has 0 spiro atoms. The van der Waals surface area contributed by atoms with E-state index in [2.05, 4.69) is 5.32 Å². The maximum Gasteiger partial charge on any atom is 0.326 e. The van der Waals surface area contributed by atoms with Crippen LogP contribution in [-0.4, -0.2) is 37.5 Å². The van der Waals surface area contributed by atoms with Crippen molar-refractivity contribution in [3.63, 3.8) is 0 Å². The van der Waals surface area contributed by atoms with Gasteiger partial charge in [-0.2, -0.15) is 0 Å². The van der Waals surface area contributed by atoms with Crippen LogP contribution in [0.1, 0.15) is 18.5 Å². The van der Waals surface area contributed by atoms with Crippen LogP contribution < -0.4 is 15.0 Å². The van der Waals surface area contributed by atoms with Crippen molar-refractivity contribution in [1.29, 1.82) is 0 Å². The number of amides is 2. The molecular weight excluding hydrogens is 372 g/mol. The van der Waals surface area contributed by atoms with Gasteiger partial charge in [-0.3, -0.25) is 19.7 Å². The molecule has 2 aromatic carbocycles. The van der Waals surface area contributed by atoms with Crippen LogP contribution in [0.3, 0.4) is 0 Å². The molecule has 7 heteroatoms. The molecule has 0 unspecified atom stereocenters. The van der Waals surface area contributed by atoms with E-state index in [0.717, 1.165) is 0 Å². The van der Waals surface area contributed by atoms with E-state index in [1.807, 2.05) is 24.3 Å². The van der Waals surface area contributed by atoms with Gasteiger partial charge < -0.3 is 9.47 Å². The molecule has 0 aromatic heterocycles. The average Bonchev–Trinajstić information content (AvgIpc) is 3.21. The second-order valence-electron chi connectivity index (χ2n) is 7.41. The summed E-state index contributed by atoms with van der Waals surface area (Å²) in [7, 11) is 2.82. The van der Waals surface area contributed by atoms with Gasteiger partial charge in [0.25, 0.3) is 0 Å². The van der Waals surface area contributed by atoms with Gasteiger partial charge in [0.15, 0.2) is 0 Å². The molecular formula is C22H22N2O5. The number of benzene rings is 2. The first-order chi connectivity index (χ1) is 13.9. The first-order valence-electron chi connectivity index (χ1n) is 9.36. The van der Waals surface area contributed by atoms with Gasteiger partial charge in [-0.15, -0.1) is 0 Å². The van der Waals surface area contributed by atoms with Crippen molar-refractivity contribution in [2.24, 2.45) is 11.8 Å². The van der Waals surface area contributed by atoms with Crippen LogP contribution in [-0.2, 0) is 19.1 Å². The number of carbonyl (C=O) groups is 3. The first-order valence-corrected chi connectivity index (χ1v) is 9.36. The highest BCUT2D eigenvalue weighted by Crippen LogP contribution is 2.51. The predicted molar refractivity (Wildman–Crippen MR) is 105 cm³/mol. The van der Waals surface area contributed by atoms with Gasteiger partial charge in [0.2, 0.25) is 11.8 Å². The Morgan fingerprint density at radius 1 is 1.00 bits per heavy atom. The number of nitrogens with zero attached hydrogens (tertiary/aromatic N) is 1. The normalized spacial score (nSPS) is 28.4. The molecule has 4 atom stereocenters. The summed E-state index contributed by atoms with van der Waals surface area (Å²) < 4.78 is 10.5. The second-order valence-corrected chi connectivity index (χ2v) is 7.41. The van der Waals surface area contributed by atoms with Crippen LogP contribution in [0.5, 0.6) is 5.75 Å². The zero-order valence-electron chi connectivity index (χ0n) is 16.4. The van der Waals surface area contributed by atoms with Crippen molar-refractivity contribution in [2.45, 2.75) is 18.5 Å². The maximum absolute atomic E-state index is 13.5. The standard InChI is InChI=1S/C22H22N2O5/c1-22(21(27)29-3)17-16(18(23-22)14-11-7-8-12-15(14)28-2)19(25)24(20(17)26)13-9-5-4-6-10-13/h4-12,16-18,23H,1-3H3/t16-,17+,18+,22+/m0/s1. The fourth-order valence-corrected chi connectivity index (χ4v) is 4.56. The van der Waals surface area contributed by atoms with Gasteiger partial charge in [0.05, 0.1) is 31.7 Å². The highest BCUT2D eigenvalue weighted by molar-refractivity contribution is 6.24. The Morgan fingerprint density at radius 2 is 1.66 bits per heavy atom. The number of methoxy groups -OCH3 is 2. The van der Waals surface area contributed by atoms with Gasteiger partial charge in [0, 0.05) is 11.6 Å². The fourth-order valence-electron chi connectivity index (χ4n) is 4.56. The Bertz CT molecular complexity index is 976. The first kappa shape index (κ1) is 19.1. The highest BCUT2D eigenvalue weighted by atomic mass is 16.5. The Labute approximate surface area is 168 Å². The van der Waals surface area contributed by atoms with Crippen molar-refractivity contribution in [3.05, 3.63) is 60.2 Å². The van der Waals surface area contributed by atoms with Crippen molar-refractivity contribution >= 4 is 23.5 Å². The Hall–Kier alpha value is -3.19. The zero-order valence-corrected chi connectivity index (χ0v) is 16.4. The second kappa shape index (κ2) is 7.00. The summed E-state index contributed by atoms with van der Waals surface area (Å²) in [5.74, 6) is -2.41. The molecule has 29 heavy (non-hydrogen) atoms. The molecule has 0 saturated carbocycles. The number of carbonyl (C=O) groups excluding carboxylic acids is 3. The lowest BCUT2D eigenvalue weighted by molar-refractivity contribution is -0.151. The molecule has 150 valence electrons. The number of rotatable bonds is 4. The van der Waals surface area contributed by atoms with E-state index in [4.69, 9.17) is 9.47 Å². The largest absolute Gasteiger partial charge is 0.496 e. The van der Waals surface area contributed by atoms with Crippen molar-refractivity contribution < 1.29 is 23.9 Å². The zero-order chi connectivity index (χ0) is 20.8. The lowest BCUT2D eigenvalue weighted by Gasteiger charge is -2.29. The third kappa shape index (κ3) is 2.73. The molecule has 0 aliphatic carbocycles. The molecule has 1 N–H and O–H groups in total. The highest BCUT2D eigenvalue weighted by Gasteiger charge is 2.67. The molecule has 2 saturated heterocycles. The van der Waals surface area contributed by atoms with Gasteiger partial charge in [-0.1, -0.05) is 36.4 Å². The van der Waals surface area contributed by atoms with Gasteiger partial charge in [0.1, 0.15) is 11.3 Å². The van der Waals surface area contributed by atoms with Crippen molar-refractivity contribution in [2.75, 3.05) is 19.1 Å². The molecule has 2 fully saturated rings. The van der Waals surface area contributed by atoms with Crippen LogP contribution in [0, 0.1) is 11.8 Å². The number of imide groups is 1. The van der Waals surface area contributed by atoms with Gasteiger partial charge in [-0.05, 0) is 25.1 Å². The monoisotopic (exact) mass is 394 g/mol. The number of hydrogen-bond acceptors (Lipinski definition) is 6. The van der Waals surface area contributed by atoms with E-state index in [9.17, 15) is 14.4 Å². The smallest absolute Gasteiger partial charge is 0.326 e. The molecule has 2 aliphatic rings. The minimum absolute atomic E-state index is 0.345. The molecule has 4 rings (SSSR count). The number of esters is 1. The summed E-state index contributed by atoms with van der Waals surface area (Å²) in [4.78, 5) is 40.7. The van der Waals surface area contributed by atoms with Gasteiger partial charge >= 0.3 is 5.97 Å². The topological polar surface area (TPSA) is 84.9 Å². The minimum Gasteiger partial charge on any atom is -0.496 e. The maximum atomic E-state index is 13.5. The molecule has 2 aliphatic heterocycles. The number of ether oxygens (including phenoxy) is 2. The summed E-state index contributed by atoms with van der Waals surface area (Å²) >= 11 is 0. The molecule has 7 nitrogen and oxygen atoms in total. The third-order valence-electron chi connectivity index (χ3n) is 5.89. The molecule has 2 amide bonds. The van der Waals surface area contributed by atoms with E-state index in [0.29, 0.717) is 17.0 Å². The Balaban J connectivity index is 1.86. The van der Waals surface area contributed by atoms with Crippen molar-refractivity contribution in [3.8, 4) is 5.75 Å². The Kier molecular flexibility index (Phi) is 4.62. The number of fused-ring (bicyclic) bond motifs is 1. The molecule has 0 bridgehead atoms. The summed E-state index contributed by atoms with van der Waals surface area (Å²) in [5, 5.41) is 3.22. The van der Waals surface area contributed by atoms with Crippen LogP contribution >= 0.6 is 0 Å². The van der Waals surface area contributed by atoms with Crippen molar-refractivity contribution in [1.82, 2.24) is 5.32 Å². The van der Waals surface area contributed by atoms with Gasteiger partial charge in [-0.25, -0.2) is 4.90 Å². The molecule has 2 heterocycles. The lowest BCUT2D eigenvalue weighted by Crippen LogP contribution is -2.54. The van der Waals surface area contributed by atoms with E-state index in [1.54, 1.807) is 44.4 Å². The SMILES string of the molecule is COC(=O)[C@]1(C)N[C@H](c2ccccc2OC)[C@H]2C(=O)N(c3ccccc3)C(=O)[C@@H]21. The summed E-state index contributed by atoms with van der Waals surface area (Å²) in [6, 6.07) is 15.5. The number of hydrogen-bond donors (Lipinski definition) is 1. The average molecular weight is 394 g/mol. The quantitative estimate of drug-likeness (QED) is 0.631. The van der Waals surface area contributed by atoms with E-state index in [-0.39, 0.29) is 5.91 Å². The summed E-state index contributed by atoms with van der Waals surface area (Å²) in [5.41, 5.74) is -0.141. The number of para-hydroxylation sites is 2. The number of nitrogens with one attached hydrogen (secondary N) is 1. The summed E-state index contributed by atoms with van der Waals surface area (Å²) in [6.07, 6.45) is 0. The molecule has 2 aromatic rings. The third-order valence-corrected chi connectivity index (χ3v) is 5.89. The van der Waals surface area contributed by atoms with E-state index >= 15 is 0 Å². The minimum atomic E-state index is -1.35. The summed E-state index contributed by atoms with van der Waals surface area (Å²) in [6.45, 7) is 1.62. The van der Waals surface area contributed by atoms with Crippen LogP contribution in [0.4, 0.5) is 5.69 Å². The lowest BCUT2D eigenvalue weighted by atomic mass is 9.80. The number of anilines is 1. The van der Waals surface area contributed by atoms with Crippen LogP contribution in [0.2, 0.25) is 0 Å². The van der Waals surface area contributed by atoms with E-state index < -0.39 is 35.3 Å². The van der Waals surface area contributed by atoms with Crippen LogP contribution in [0.25, 0.3) is 0 Å². The predicted octanol–water partition coefficient (Wildman–Crippen LogP) is 2.08. The molecule has 0 radical (unpaired) electrons. The van der Waals surface area contributed by atoms with Crippen LogP contribution in [0.15, 0.2) is 54.6 Å². The Morgan fingerprint density at radius 3 is 2.31 bits per heavy atom. The van der Waals surface area contributed by atoms with E-state index in [1.165, 1.54) is 12.0 Å². The fraction of sp³-hybridized carbons (Fsp3) is 0.318.